The first-order valence-corrected chi connectivity index (χ1v) is 7.08. The first-order chi connectivity index (χ1) is 8.21. The van der Waals surface area contributed by atoms with Gasteiger partial charge in [0.1, 0.15) is 6.10 Å². The van der Waals surface area contributed by atoms with Crippen LogP contribution >= 0.6 is 0 Å². The van der Waals surface area contributed by atoms with Gasteiger partial charge in [-0.25, -0.2) is 4.79 Å². The molecule has 1 aliphatic carbocycles. The van der Waals surface area contributed by atoms with Crippen LogP contribution < -0.4 is 0 Å². The number of hydrogen-bond acceptors (Lipinski definition) is 2. The molecule has 0 aromatic heterocycles. The second-order valence-electron chi connectivity index (χ2n) is 6.87. The van der Waals surface area contributed by atoms with Crippen molar-refractivity contribution in [3.05, 3.63) is 12.2 Å². The molecule has 0 aromatic carbocycles. The summed E-state index contributed by atoms with van der Waals surface area (Å²) in [6, 6.07) is 0. The summed E-state index contributed by atoms with van der Waals surface area (Å²) in [6.07, 6.45) is 4.88. The third-order valence-electron chi connectivity index (χ3n) is 4.30. The van der Waals surface area contributed by atoms with Gasteiger partial charge in [-0.2, -0.15) is 0 Å². The molecule has 0 bridgehead atoms. The number of carbonyl (C=O) groups excluding carboxylic acids is 1. The van der Waals surface area contributed by atoms with E-state index in [9.17, 15) is 4.79 Å². The van der Waals surface area contributed by atoms with E-state index in [0.29, 0.717) is 16.9 Å². The van der Waals surface area contributed by atoms with Gasteiger partial charge in [-0.15, -0.1) is 0 Å². The van der Waals surface area contributed by atoms with Crippen molar-refractivity contribution in [2.45, 2.75) is 66.4 Å². The Morgan fingerprint density at radius 3 is 2.11 bits per heavy atom. The third-order valence-corrected chi connectivity index (χ3v) is 4.30. The first-order valence-electron chi connectivity index (χ1n) is 7.08. The molecule has 0 radical (unpaired) electrons. The topological polar surface area (TPSA) is 26.3 Å². The maximum absolute atomic E-state index is 11.5. The van der Waals surface area contributed by atoms with Crippen molar-refractivity contribution in [1.82, 2.24) is 0 Å². The summed E-state index contributed by atoms with van der Waals surface area (Å²) in [5.41, 5.74) is 0.896. The van der Waals surface area contributed by atoms with Gasteiger partial charge < -0.3 is 4.74 Å². The second kappa shape index (κ2) is 5.90. The van der Waals surface area contributed by atoms with Gasteiger partial charge in [-0.3, -0.25) is 0 Å². The Balaban J connectivity index is 2.43. The van der Waals surface area contributed by atoms with Crippen LogP contribution in [0, 0.1) is 17.3 Å². The molecular weight excluding hydrogens is 224 g/mol. The van der Waals surface area contributed by atoms with E-state index < -0.39 is 0 Å². The van der Waals surface area contributed by atoms with Crippen molar-refractivity contribution < 1.29 is 9.53 Å². The van der Waals surface area contributed by atoms with E-state index in [1.54, 1.807) is 6.92 Å². The minimum Gasteiger partial charge on any atom is -0.459 e. The van der Waals surface area contributed by atoms with Gasteiger partial charge in [-0.1, -0.05) is 27.4 Å². The van der Waals surface area contributed by atoms with Crippen LogP contribution in [0.3, 0.4) is 0 Å². The highest BCUT2D eigenvalue weighted by atomic mass is 16.5. The molecule has 0 saturated heterocycles. The van der Waals surface area contributed by atoms with Crippen LogP contribution in [0.4, 0.5) is 0 Å². The molecule has 0 amide bonds. The molecule has 1 fully saturated rings. The molecule has 104 valence electrons. The van der Waals surface area contributed by atoms with Crippen LogP contribution in [0.2, 0.25) is 0 Å². The Hall–Kier alpha value is -0.790. The van der Waals surface area contributed by atoms with Gasteiger partial charge in [0.15, 0.2) is 0 Å². The van der Waals surface area contributed by atoms with Gasteiger partial charge in [0.05, 0.1) is 0 Å². The molecule has 18 heavy (non-hydrogen) atoms. The Morgan fingerprint density at radius 1 is 1.22 bits per heavy atom. The fourth-order valence-corrected chi connectivity index (χ4v) is 2.82. The lowest BCUT2D eigenvalue weighted by atomic mass is 9.69. The Morgan fingerprint density at radius 2 is 1.72 bits per heavy atom. The number of rotatable bonds is 3. The molecule has 1 rings (SSSR count). The summed E-state index contributed by atoms with van der Waals surface area (Å²) in [4.78, 5) is 11.5. The molecule has 1 unspecified atom stereocenters. The molecule has 0 N–H and O–H groups in total. The van der Waals surface area contributed by atoms with Crippen LogP contribution in [0.5, 0.6) is 0 Å². The highest BCUT2D eigenvalue weighted by Gasteiger charge is 2.32. The van der Waals surface area contributed by atoms with Gasteiger partial charge in [-0.05, 0) is 56.8 Å². The van der Waals surface area contributed by atoms with Gasteiger partial charge in [0, 0.05) is 5.57 Å². The van der Waals surface area contributed by atoms with Crippen LogP contribution in [-0.2, 0) is 9.53 Å². The molecule has 0 aromatic rings. The largest absolute Gasteiger partial charge is 0.459 e. The summed E-state index contributed by atoms with van der Waals surface area (Å²) >= 11 is 0. The van der Waals surface area contributed by atoms with E-state index in [-0.39, 0.29) is 12.1 Å². The minimum atomic E-state index is -0.250. The fourth-order valence-electron chi connectivity index (χ4n) is 2.82. The van der Waals surface area contributed by atoms with Crippen LogP contribution in [0.1, 0.15) is 60.3 Å². The summed E-state index contributed by atoms with van der Waals surface area (Å²) in [5.74, 6) is 1.07. The first kappa shape index (κ1) is 15.3. The molecule has 1 atom stereocenters. The smallest absolute Gasteiger partial charge is 0.333 e. The molecule has 0 heterocycles. The van der Waals surface area contributed by atoms with Crippen LogP contribution in [0.15, 0.2) is 12.2 Å². The lowest BCUT2D eigenvalue weighted by Gasteiger charge is -2.38. The summed E-state index contributed by atoms with van der Waals surface area (Å²) < 4.78 is 5.43. The fraction of sp³-hybridized carbons (Fsp3) is 0.812. The molecule has 0 aliphatic heterocycles. The van der Waals surface area contributed by atoms with Crippen LogP contribution in [-0.4, -0.2) is 12.1 Å². The van der Waals surface area contributed by atoms with Gasteiger partial charge in [0.2, 0.25) is 0 Å². The average Bonchev–Trinajstić information content (AvgIpc) is 2.27. The Kier molecular flexibility index (Phi) is 5.01. The van der Waals surface area contributed by atoms with Crippen LogP contribution in [0.25, 0.3) is 0 Å². The predicted octanol–water partition coefficient (Wildman–Crippen LogP) is 4.35. The molecular formula is C16H28O2. The highest BCUT2D eigenvalue weighted by molar-refractivity contribution is 5.87. The number of hydrogen-bond donors (Lipinski definition) is 0. The van der Waals surface area contributed by atoms with Crippen molar-refractivity contribution in [2.75, 3.05) is 0 Å². The molecule has 0 spiro atoms. The standard InChI is InChI=1S/C16H28O2/c1-11(2)15(17)18-12(3)13-7-9-14(10-8-13)16(4,5)6/h12-14H,1,7-10H2,2-6H3. The van der Waals surface area contributed by atoms with E-state index in [1.165, 1.54) is 25.7 Å². The number of ether oxygens (including phenoxy) is 1. The van der Waals surface area contributed by atoms with Crippen molar-refractivity contribution in [2.24, 2.45) is 17.3 Å². The molecule has 1 saturated carbocycles. The lowest BCUT2D eigenvalue weighted by molar-refractivity contribution is -0.146. The average molecular weight is 252 g/mol. The molecule has 2 nitrogen and oxygen atoms in total. The maximum Gasteiger partial charge on any atom is 0.333 e. The zero-order valence-corrected chi connectivity index (χ0v) is 12.6. The SMILES string of the molecule is C=C(C)C(=O)OC(C)C1CCC(C(C)(C)C)CC1. The maximum atomic E-state index is 11.5. The van der Waals surface area contributed by atoms with Crippen molar-refractivity contribution in [3.8, 4) is 0 Å². The van der Waals surface area contributed by atoms with E-state index in [0.717, 1.165) is 5.92 Å². The van der Waals surface area contributed by atoms with Gasteiger partial charge in [0.25, 0.3) is 0 Å². The zero-order chi connectivity index (χ0) is 13.9. The third kappa shape index (κ3) is 4.15. The molecule has 1 aliphatic rings. The zero-order valence-electron chi connectivity index (χ0n) is 12.6. The van der Waals surface area contributed by atoms with E-state index in [1.807, 2.05) is 6.92 Å². The lowest BCUT2D eigenvalue weighted by Crippen LogP contribution is -2.32. The van der Waals surface area contributed by atoms with E-state index in [2.05, 4.69) is 27.4 Å². The monoisotopic (exact) mass is 252 g/mol. The van der Waals surface area contributed by atoms with Crippen molar-refractivity contribution in [3.63, 3.8) is 0 Å². The summed E-state index contributed by atoms with van der Waals surface area (Å²) in [5, 5.41) is 0. The highest BCUT2D eigenvalue weighted by Crippen LogP contribution is 2.41. The molecule has 2 heteroatoms. The summed E-state index contributed by atoms with van der Waals surface area (Å²) in [6.45, 7) is 14.3. The second-order valence-corrected chi connectivity index (χ2v) is 6.87. The number of carbonyl (C=O) groups is 1. The quantitative estimate of drug-likeness (QED) is 0.551. The summed E-state index contributed by atoms with van der Waals surface area (Å²) in [7, 11) is 0. The van der Waals surface area contributed by atoms with E-state index in [4.69, 9.17) is 4.74 Å². The minimum absolute atomic E-state index is 0.0233. The Bertz CT molecular complexity index is 304. The van der Waals surface area contributed by atoms with Gasteiger partial charge >= 0.3 is 5.97 Å². The number of esters is 1. The normalized spacial score (nSPS) is 26.5. The van der Waals surface area contributed by atoms with E-state index >= 15 is 0 Å². The van der Waals surface area contributed by atoms with Crippen molar-refractivity contribution >= 4 is 5.97 Å². The predicted molar refractivity (Wildman–Crippen MR) is 75.3 cm³/mol. The van der Waals surface area contributed by atoms with Crippen molar-refractivity contribution in [1.29, 1.82) is 0 Å². The Labute approximate surface area is 112 Å².